The maximum absolute atomic E-state index is 12.3. The van der Waals surface area contributed by atoms with E-state index in [0.717, 1.165) is 16.3 Å². The van der Waals surface area contributed by atoms with Gasteiger partial charge in [-0.3, -0.25) is 9.59 Å². The second-order valence-corrected chi connectivity index (χ2v) is 7.11. The molecule has 6 nitrogen and oxygen atoms in total. The number of nitrogens with one attached hydrogen (secondary N) is 2. The van der Waals surface area contributed by atoms with E-state index in [2.05, 4.69) is 10.6 Å². The molecule has 0 saturated carbocycles. The summed E-state index contributed by atoms with van der Waals surface area (Å²) in [5.41, 5.74) is 6.65. The molecule has 0 radical (unpaired) electrons. The summed E-state index contributed by atoms with van der Waals surface area (Å²) < 4.78 is 5.74. The topological polar surface area (TPSA) is 93.5 Å². The Bertz CT molecular complexity index is 963. The highest BCUT2D eigenvalue weighted by Crippen LogP contribution is 2.26. The summed E-state index contributed by atoms with van der Waals surface area (Å²) in [7, 11) is 0. The van der Waals surface area contributed by atoms with Crippen LogP contribution in [0.4, 0.5) is 11.4 Å². The van der Waals surface area contributed by atoms with Gasteiger partial charge in [0.1, 0.15) is 11.5 Å². The molecule has 0 aliphatic heterocycles. The number of rotatable bonds is 9. The van der Waals surface area contributed by atoms with Gasteiger partial charge in [0.25, 0.3) is 0 Å². The maximum Gasteiger partial charge on any atom is 0.243 e. The van der Waals surface area contributed by atoms with Gasteiger partial charge in [-0.1, -0.05) is 30.3 Å². The van der Waals surface area contributed by atoms with Crippen LogP contribution in [0, 0.1) is 0 Å². The van der Waals surface area contributed by atoms with Crippen LogP contribution in [0.15, 0.2) is 83.8 Å². The van der Waals surface area contributed by atoms with Crippen LogP contribution in [0.25, 0.3) is 0 Å². The van der Waals surface area contributed by atoms with Crippen molar-refractivity contribution >= 4 is 35.0 Å². The van der Waals surface area contributed by atoms with Crippen LogP contribution in [0.3, 0.4) is 0 Å². The highest BCUT2D eigenvalue weighted by Gasteiger charge is 2.07. The van der Waals surface area contributed by atoms with Crippen LogP contribution in [-0.4, -0.2) is 24.1 Å². The Morgan fingerprint density at radius 1 is 0.862 bits per heavy atom. The fraction of sp³-hybridized carbons (Fsp3) is 0.0909. The Labute approximate surface area is 173 Å². The third-order valence-corrected chi connectivity index (χ3v) is 4.91. The summed E-state index contributed by atoms with van der Waals surface area (Å²) >= 11 is 1.33. The average Bonchev–Trinajstić information content (AvgIpc) is 2.73. The number of carbonyl (C=O) groups is 2. The van der Waals surface area contributed by atoms with Gasteiger partial charge < -0.3 is 21.1 Å². The van der Waals surface area contributed by atoms with Gasteiger partial charge in [-0.05, 0) is 48.5 Å². The SMILES string of the molecule is NC(=O)CSc1ccccc1NCC(=O)Nc1ccc(Oc2ccccc2)cc1. The van der Waals surface area contributed by atoms with Crippen molar-refractivity contribution in [3.8, 4) is 11.5 Å². The molecule has 4 N–H and O–H groups in total. The molecule has 3 aromatic carbocycles. The van der Waals surface area contributed by atoms with Crippen molar-refractivity contribution in [3.05, 3.63) is 78.9 Å². The van der Waals surface area contributed by atoms with Crippen LogP contribution in [0.2, 0.25) is 0 Å². The molecule has 2 amide bonds. The van der Waals surface area contributed by atoms with Crippen molar-refractivity contribution < 1.29 is 14.3 Å². The second kappa shape index (κ2) is 10.2. The Morgan fingerprint density at radius 2 is 1.52 bits per heavy atom. The van der Waals surface area contributed by atoms with Gasteiger partial charge in [0.15, 0.2) is 0 Å². The van der Waals surface area contributed by atoms with E-state index >= 15 is 0 Å². The monoisotopic (exact) mass is 407 g/mol. The van der Waals surface area contributed by atoms with Crippen molar-refractivity contribution in [2.75, 3.05) is 22.9 Å². The normalized spacial score (nSPS) is 10.2. The zero-order chi connectivity index (χ0) is 20.5. The minimum absolute atomic E-state index is 0.0937. The smallest absolute Gasteiger partial charge is 0.243 e. The van der Waals surface area contributed by atoms with E-state index in [4.69, 9.17) is 10.5 Å². The molecule has 0 aromatic heterocycles. The molecule has 0 bridgehead atoms. The lowest BCUT2D eigenvalue weighted by Crippen LogP contribution is -2.22. The van der Waals surface area contributed by atoms with Crippen molar-refractivity contribution in [1.29, 1.82) is 0 Å². The number of thioether (sulfide) groups is 1. The van der Waals surface area contributed by atoms with Crippen LogP contribution in [0.1, 0.15) is 0 Å². The van der Waals surface area contributed by atoms with Gasteiger partial charge >= 0.3 is 0 Å². The molecule has 0 heterocycles. The first-order valence-electron chi connectivity index (χ1n) is 8.97. The van der Waals surface area contributed by atoms with Crippen LogP contribution < -0.4 is 21.1 Å². The predicted molar refractivity (Wildman–Crippen MR) is 116 cm³/mol. The van der Waals surface area contributed by atoms with E-state index in [1.807, 2.05) is 54.6 Å². The van der Waals surface area contributed by atoms with Gasteiger partial charge in [-0.2, -0.15) is 0 Å². The summed E-state index contributed by atoms with van der Waals surface area (Å²) in [6, 6.07) is 24.1. The molecule has 0 spiro atoms. The number of primary amides is 1. The van der Waals surface area contributed by atoms with Crippen molar-refractivity contribution in [3.63, 3.8) is 0 Å². The number of ether oxygens (including phenoxy) is 1. The van der Waals surface area contributed by atoms with E-state index in [1.165, 1.54) is 11.8 Å². The largest absolute Gasteiger partial charge is 0.457 e. The number of amides is 2. The molecular weight excluding hydrogens is 386 g/mol. The van der Waals surface area contributed by atoms with Gasteiger partial charge in [0.05, 0.1) is 12.3 Å². The van der Waals surface area contributed by atoms with Gasteiger partial charge in [0, 0.05) is 16.3 Å². The van der Waals surface area contributed by atoms with E-state index in [1.54, 1.807) is 24.3 Å². The summed E-state index contributed by atoms with van der Waals surface area (Å²) in [6.07, 6.45) is 0. The first-order valence-corrected chi connectivity index (χ1v) is 9.95. The molecule has 0 atom stereocenters. The maximum atomic E-state index is 12.3. The molecule has 7 heteroatoms. The lowest BCUT2D eigenvalue weighted by Gasteiger charge is -2.12. The first-order chi connectivity index (χ1) is 14.1. The fourth-order valence-electron chi connectivity index (χ4n) is 2.50. The van der Waals surface area contributed by atoms with Crippen molar-refractivity contribution in [2.45, 2.75) is 4.90 Å². The fourth-order valence-corrected chi connectivity index (χ4v) is 3.27. The summed E-state index contributed by atoms with van der Waals surface area (Å²) in [5.74, 6) is 1.05. The third-order valence-electron chi connectivity index (χ3n) is 3.81. The van der Waals surface area contributed by atoms with E-state index in [-0.39, 0.29) is 24.1 Å². The first kappa shape index (κ1) is 20.3. The molecule has 0 saturated heterocycles. The second-order valence-electron chi connectivity index (χ2n) is 6.09. The lowest BCUT2D eigenvalue weighted by molar-refractivity contribution is -0.116. The Morgan fingerprint density at radius 3 is 2.24 bits per heavy atom. The van der Waals surface area contributed by atoms with Gasteiger partial charge in [0.2, 0.25) is 11.8 Å². The number of anilines is 2. The number of hydrogen-bond donors (Lipinski definition) is 3. The molecule has 0 aliphatic rings. The highest BCUT2D eigenvalue weighted by molar-refractivity contribution is 8.00. The molecule has 3 rings (SSSR count). The number of nitrogens with two attached hydrogens (primary N) is 1. The van der Waals surface area contributed by atoms with E-state index in [0.29, 0.717) is 11.4 Å². The molecule has 29 heavy (non-hydrogen) atoms. The highest BCUT2D eigenvalue weighted by atomic mass is 32.2. The standard InChI is InChI=1S/C22H21N3O3S/c23-21(26)15-29-20-9-5-4-8-19(20)24-14-22(27)25-16-10-12-18(13-11-16)28-17-6-2-1-3-7-17/h1-13,24H,14-15H2,(H2,23,26)(H,25,27). The summed E-state index contributed by atoms with van der Waals surface area (Å²) in [6.45, 7) is 0.0937. The lowest BCUT2D eigenvalue weighted by atomic mass is 10.3. The molecule has 0 unspecified atom stereocenters. The predicted octanol–water partition coefficient (Wildman–Crippen LogP) is 4.11. The van der Waals surface area contributed by atoms with E-state index in [9.17, 15) is 9.59 Å². The molecule has 0 aliphatic carbocycles. The third kappa shape index (κ3) is 6.58. The number of hydrogen-bond acceptors (Lipinski definition) is 5. The average molecular weight is 407 g/mol. The van der Waals surface area contributed by atoms with Crippen molar-refractivity contribution in [1.82, 2.24) is 0 Å². The quantitative estimate of drug-likeness (QED) is 0.464. The van der Waals surface area contributed by atoms with E-state index < -0.39 is 0 Å². The number of carbonyl (C=O) groups excluding carboxylic acids is 2. The molecule has 0 fully saturated rings. The van der Waals surface area contributed by atoms with Gasteiger partial charge in [-0.15, -0.1) is 11.8 Å². The zero-order valence-electron chi connectivity index (χ0n) is 15.6. The van der Waals surface area contributed by atoms with Crippen LogP contribution in [0.5, 0.6) is 11.5 Å². The van der Waals surface area contributed by atoms with Crippen molar-refractivity contribution in [2.24, 2.45) is 5.73 Å². The van der Waals surface area contributed by atoms with Crippen LogP contribution in [-0.2, 0) is 9.59 Å². The summed E-state index contributed by atoms with van der Waals surface area (Å²) in [4.78, 5) is 24.1. The zero-order valence-corrected chi connectivity index (χ0v) is 16.4. The molecule has 3 aromatic rings. The minimum atomic E-state index is -0.387. The Kier molecular flexibility index (Phi) is 7.13. The Hall–Kier alpha value is -3.45. The minimum Gasteiger partial charge on any atom is -0.457 e. The molecular formula is C22H21N3O3S. The van der Waals surface area contributed by atoms with Gasteiger partial charge in [-0.25, -0.2) is 0 Å². The van der Waals surface area contributed by atoms with Crippen LogP contribution >= 0.6 is 11.8 Å². The molecule has 148 valence electrons. The Balaban J connectivity index is 1.51. The number of benzene rings is 3. The number of para-hydroxylation sites is 2. The summed E-state index contributed by atoms with van der Waals surface area (Å²) in [5, 5.41) is 5.93.